The first kappa shape index (κ1) is 16.7. The third-order valence-electron chi connectivity index (χ3n) is 2.61. The third-order valence-corrected chi connectivity index (χ3v) is 3.62. The van der Waals surface area contributed by atoms with Crippen LogP contribution in [0.4, 0.5) is 0 Å². The van der Waals surface area contributed by atoms with Gasteiger partial charge in [0.15, 0.2) is 13.2 Å². The van der Waals surface area contributed by atoms with Crippen LogP contribution in [-0.2, 0) is 9.59 Å². The number of rotatable bonds is 8. The molecule has 2 N–H and O–H groups in total. The van der Waals surface area contributed by atoms with E-state index in [1.165, 1.54) is 11.8 Å². The van der Waals surface area contributed by atoms with Gasteiger partial charge in [0.25, 0.3) is 0 Å². The molecule has 23 heavy (non-hydrogen) atoms. The van der Waals surface area contributed by atoms with E-state index in [-0.39, 0.29) is 13.2 Å². The molecule has 0 aliphatic carbocycles. The van der Waals surface area contributed by atoms with Gasteiger partial charge in [0.1, 0.15) is 11.5 Å². The minimum atomic E-state index is -1.02. The lowest BCUT2D eigenvalue weighted by Crippen LogP contribution is -2.09. The number of aliphatic carboxylic acids is 2. The molecule has 7 heteroatoms. The molecule has 0 atom stereocenters. The Balaban J connectivity index is 1.91. The van der Waals surface area contributed by atoms with Crippen molar-refractivity contribution in [1.82, 2.24) is 0 Å². The van der Waals surface area contributed by atoms with Gasteiger partial charge in [-0.25, -0.2) is 9.59 Å². The lowest BCUT2D eigenvalue weighted by Gasteiger charge is -2.06. The van der Waals surface area contributed by atoms with E-state index in [1.54, 1.807) is 24.3 Å². The summed E-state index contributed by atoms with van der Waals surface area (Å²) in [6.45, 7) is -0.741. The SMILES string of the molecule is O=C(O)COc1ccc(Sc2ccc(OCC(=O)O)cc2)cc1. The fraction of sp³-hybridized carbons (Fsp3) is 0.125. The summed E-state index contributed by atoms with van der Waals surface area (Å²) < 4.78 is 10.1. The zero-order valence-electron chi connectivity index (χ0n) is 12.0. The van der Waals surface area contributed by atoms with Crippen LogP contribution < -0.4 is 9.47 Å². The molecule has 0 spiro atoms. The van der Waals surface area contributed by atoms with Crippen LogP contribution in [-0.4, -0.2) is 35.4 Å². The summed E-state index contributed by atoms with van der Waals surface area (Å²) in [4.78, 5) is 22.8. The maximum Gasteiger partial charge on any atom is 0.341 e. The molecule has 0 saturated heterocycles. The first-order chi connectivity index (χ1) is 11.0. The van der Waals surface area contributed by atoms with Gasteiger partial charge in [0.2, 0.25) is 0 Å². The first-order valence-corrected chi connectivity index (χ1v) is 7.42. The van der Waals surface area contributed by atoms with Crippen molar-refractivity contribution in [2.75, 3.05) is 13.2 Å². The van der Waals surface area contributed by atoms with Crippen molar-refractivity contribution in [3.63, 3.8) is 0 Å². The Morgan fingerprint density at radius 1 is 0.739 bits per heavy atom. The number of carbonyl (C=O) groups is 2. The molecule has 0 aromatic heterocycles. The minimum absolute atomic E-state index is 0.371. The highest BCUT2D eigenvalue weighted by Crippen LogP contribution is 2.30. The Bertz CT molecular complexity index is 606. The number of hydrogen-bond acceptors (Lipinski definition) is 5. The van der Waals surface area contributed by atoms with Crippen LogP contribution in [0.25, 0.3) is 0 Å². The topological polar surface area (TPSA) is 93.1 Å². The molecule has 2 rings (SSSR count). The number of benzene rings is 2. The molecule has 2 aromatic carbocycles. The molecule has 0 saturated carbocycles. The van der Waals surface area contributed by atoms with E-state index in [0.29, 0.717) is 11.5 Å². The molecule has 2 aromatic rings. The molecular formula is C16H14O6S. The Morgan fingerprint density at radius 2 is 1.09 bits per heavy atom. The van der Waals surface area contributed by atoms with Gasteiger partial charge in [0, 0.05) is 9.79 Å². The van der Waals surface area contributed by atoms with Crippen LogP contribution in [0.15, 0.2) is 58.3 Å². The van der Waals surface area contributed by atoms with Crippen LogP contribution in [0.5, 0.6) is 11.5 Å². The van der Waals surface area contributed by atoms with E-state index in [0.717, 1.165) is 9.79 Å². The van der Waals surface area contributed by atoms with Crippen molar-refractivity contribution in [1.29, 1.82) is 0 Å². The monoisotopic (exact) mass is 334 g/mol. The first-order valence-electron chi connectivity index (χ1n) is 6.60. The van der Waals surface area contributed by atoms with Gasteiger partial charge in [-0.3, -0.25) is 0 Å². The van der Waals surface area contributed by atoms with Crippen molar-refractivity contribution >= 4 is 23.7 Å². The highest BCUT2D eigenvalue weighted by molar-refractivity contribution is 7.99. The molecule has 120 valence electrons. The number of hydrogen-bond donors (Lipinski definition) is 2. The second-order valence-electron chi connectivity index (χ2n) is 4.41. The second kappa shape index (κ2) is 8.09. The standard InChI is InChI=1S/C16H14O6S/c17-15(18)9-21-11-1-5-13(6-2-11)23-14-7-3-12(4-8-14)22-10-16(19)20/h1-8H,9-10H2,(H,17,18)(H,19,20). The van der Waals surface area contributed by atoms with Crippen molar-refractivity contribution in [3.8, 4) is 11.5 Å². The molecule has 0 fully saturated rings. The van der Waals surface area contributed by atoms with E-state index in [2.05, 4.69) is 0 Å². The van der Waals surface area contributed by atoms with Crippen LogP contribution in [0.2, 0.25) is 0 Å². The minimum Gasteiger partial charge on any atom is -0.482 e. The number of carboxylic acids is 2. The smallest absolute Gasteiger partial charge is 0.341 e. The summed E-state index contributed by atoms with van der Waals surface area (Å²) in [5.41, 5.74) is 0. The van der Waals surface area contributed by atoms with E-state index in [9.17, 15) is 9.59 Å². The molecular weight excluding hydrogens is 320 g/mol. The lowest BCUT2D eigenvalue weighted by atomic mass is 10.3. The molecule has 0 aliphatic heterocycles. The maximum absolute atomic E-state index is 10.4. The second-order valence-corrected chi connectivity index (χ2v) is 5.56. The zero-order valence-corrected chi connectivity index (χ0v) is 12.8. The van der Waals surface area contributed by atoms with Crippen molar-refractivity contribution < 1.29 is 29.3 Å². The summed E-state index contributed by atoms with van der Waals surface area (Å²) >= 11 is 1.51. The fourth-order valence-electron chi connectivity index (χ4n) is 1.63. The van der Waals surface area contributed by atoms with E-state index in [1.807, 2.05) is 24.3 Å². The van der Waals surface area contributed by atoms with Gasteiger partial charge in [0.05, 0.1) is 0 Å². The van der Waals surface area contributed by atoms with Gasteiger partial charge in [-0.15, -0.1) is 0 Å². The van der Waals surface area contributed by atoms with Crippen molar-refractivity contribution in [3.05, 3.63) is 48.5 Å². The van der Waals surface area contributed by atoms with E-state index < -0.39 is 11.9 Å². The van der Waals surface area contributed by atoms with Crippen molar-refractivity contribution in [2.24, 2.45) is 0 Å². The summed E-state index contributed by atoms with van der Waals surface area (Å²) in [5.74, 6) is -1.05. The predicted octanol–water partition coefficient (Wildman–Crippen LogP) is 2.76. The lowest BCUT2D eigenvalue weighted by molar-refractivity contribution is -0.140. The maximum atomic E-state index is 10.4. The summed E-state index contributed by atoms with van der Waals surface area (Å²) in [5, 5.41) is 17.1. The molecule has 0 aliphatic rings. The highest BCUT2D eigenvalue weighted by Gasteiger charge is 2.03. The molecule has 0 bridgehead atoms. The van der Waals surface area contributed by atoms with E-state index in [4.69, 9.17) is 19.7 Å². The van der Waals surface area contributed by atoms with Gasteiger partial charge in [-0.1, -0.05) is 11.8 Å². The third kappa shape index (κ3) is 5.91. The molecule has 0 unspecified atom stereocenters. The summed E-state index contributed by atoms with van der Waals surface area (Å²) in [6.07, 6.45) is 0. The predicted molar refractivity (Wildman–Crippen MR) is 83.3 cm³/mol. The molecule has 0 amide bonds. The van der Waals surface area contributed by atoms with Crippen molar-refractivity contribution in [2.45, 2.75) is 9.79 Å². The van der Waals surface area contributed by atoms with E-state index >= 15 is 0 Å². The summed E-state index contributed by atoms with van der Waals surface area (Å²) in [6, 6.07) is 14.1. The van der Waals surface area contributed by atoms with Gasteiger partial charge in [-0.2, -0.15) is 0 Å². The Labute approximate surface area is 136 Å². The molecule has 0 heterocycles. The van der Waals surface area contributed by atoms with Gasteiger partial charge in [-0.05, 0) is 48.5 Å². The fourth-order valence-corrected chi connectivity index (χ4v) is 2.45. The number of ether oxygens (including phenoxy) is 2. The Kier molecular flexibility index (Phi) is 5.87. The largest absolute Gasteiger partial charge is 0.482 e. The van der Waals surface area contributed by atoms with Crippen LogP contribution in [0, 0.1) is 0 Å². The Hall–Kier alpha value is -2.67. The van der Waals surface area contributed by atoms with Crippen LogP contribution in [0.3, 0.4) is 0 Å². The quantitative estimate of drug-likeness (QED) is 0.766. The average molecular weight is 334 g/mol. The van der Waals surface area contributed by atoms with Crippen LogP contribution in [0.1, 0.15) is 0 Å². The van der Waals surface area contributed by atoms with Gasteiger partial charge >= 0.3 is 11.9 Å². The molecule has 0 radical (unpaired) electrons. The highest BCUT2D eigenvalue weighted by atomic mass is 32.2. The average Bonchev–Trinajstić information content (AvgIpc) is 2.53. The zero-order chi connectivity index (χ0) is 16.7. The van der Waals surface area contributed by atoms with Gasteiger partial charge < -0.3 is 19.7 Å². The van der Waals surface area contributed by atoms with Crippen LogP contribution >= 0.6 is 11.8 Å². The summed E-state index contributed by atoms with van der Waals surface area (Å²) in [7, 11) is 0. The normalized spacial score (nSPS) is 10.1. The molecule has 6 nitrogen and oxygen atoms in total. The Morgan fingerprint density at radius 3 is 1.39 bits per heavy atom. The number of carboxylic acid groups (broad SMARTS) is 2.